The maximum atomic E-state index is 14.0. The molecule has 0 spiro atoms. The van der Waals surface area contributed by atoms with Gasteiger partial charge in [0.05, 0.1) is 13.5 Å². The van der Waals surface area contributed by atoms with Crippen molar-refractivity contribution >= 4 is 23.4 Å². The Kier molecular flexibility index (Phi) is 6.92. The molecule has 2 heterocycles. The Morgan fingerprint density at radius 3 is 2.79 bits per heavy atom. The third-order valence-electron chi connectivity index (χ3n) is 4.90. The molecular weight excluding hydrogens is 375 g/mol. The fraction of sp³-hybridized carbons (Fsp3) is 0.500. The number of hydrogen-bond acceptors (Lipinski definition) is 8. The molecule has 1 aromatic heterocycles. The van der Waals surface area contributed by atoms with E-state index in [-0.39, 0.29) is 23.9 Å². The van der Waals surface area contributed by atoms with Gasteiger partial charge in [-0.15, -0.1) is 0 Å². The number of likely N-dealkylation sites (tertiary alicyclic amines) is 1. The Balaban J connectivity index is 1.77. The molecule has 2 aromatic rings. The Morgan fingerprint density at radius 1 is 1.31 bits per heavy atom. The van der Waals surface area contributed by atoms with Crippen molar-refractivity contribution in [1.29, 1.82) is 0 Å². The summed E-state index contributed by atoms with van der Waals surface area (Å²) in [5, 5.41) is 6.25. The minimum absolute atomic E-state index is 0.0449. The maximum Gasteiger partial charge on any atom is 0.232 e. The van der Waals surface area contributed by atoms with Gasteiger partial charge in [0.25, 0.3) is 0 Å². The van der Waals surface area contributed by atoms with Gasteiger partial charge in [-0.2, -0.15) is 15.0 Å². The van der Waals surface area contributed by atoms with Crippen LogP contribution in [0.25, 0.3) is 0 Å². The minimum atomic E-state index is -0.491. The number of rotatable bonds is 9. The summed E-state index contributed by atoms with van der Waals surface area (Å²) in [4.78, 5) is 27.0. The predicted octanol–water partition coefficient (Wildman–Crippen LogP) is 2.79. The van der Waals surface area contributed by atoms with E-state index in [9.17, 15) is 9.18 Å². The largest absolute Gasteiger partial charge is 0.494 e. The molecule has 2 N–H and O–H groups in total. The van der Waals surface area contributed by atoms with Crippen molar-refractivity contribution < 1.29 is 13.9 Å². The summed E-state index contributed by atoms with van der Waals surface area (Å²) in [5.74, 6) is 0.636. The molecule has 0 saturated carbocycles. The number of aromatic nitrogens is 3. The molecule has 0 radical (unpaired) electrons. The van der Waals surface area contributed by atoms with E-state index in [2.05, 4.69) is 37.4 Å². The molecular formula is C20H27FN6O2. The molecule has 156 valence electrons. The van der Waals surface area contributed by atoms with E-state index in [4.69, 9.17) is 4.74 Å². The van der Waals surface area contributed by atoms with Crippen molar-refractivity contribution in [2.45, 2.75) is 39.2 Å². The quantitative estimate of drug-likeness (QED) is 0.662. The first kappa shape index (κ1) is 20.9. The van der Waals surface area contributed by atoms with Gasteiger partial charge in [0.15, 0.2) is 11.6 Å². The highest BCUT2D eigenvalue weighted by Crippen LogP contribution is 2.23. The second kappa shape index (κ2) is 9.60. The lowest BCUT2D eigenvalue weighted by molar-refractivity contribution is -0.116. The van der Waals surface area contributed by atoms with Crippen molar-refractivity contribution in [3.05, 3.63) is 29.8 Å². The number of likely N-dealkylation sites (N-methyl/N-ethyl adjacent to an activating group) is 1. The molecule has 1 aliphatic heterocycles. The van der Waals surface area contributed by atoms with Crippen LogP contribution < -0.4 is 15.4 Å². The topological polar surface area (TPSA) is 92.3 Å². The van der Waals surface area contributed by atoms with Crippen molar-refractivity contribution in [2.75, 3.05) is 37.4 Å². The SMILES string of the molecule is CCN1CCCC1CNc1nc(CC(C)=O)nc(Nc2ccc(OC)c(F)c2)n1. The number of Topliss-reactive ketones (excluding diaryl/α,β-unsaturated/α-hetero) is 1. The van der Waals surface area contributed by atoms with E-state index in [0.717, 1.165) is 19.5 Å². The number of ketones is 1. The van der Waals surface area contributed by atoms with Crippen molar-refractivity contribution in [2.24, 2.45) is 0 Å². The van der Waals surface area contributed by atoms with E-state index < -0.39 is 5.82 Å². The molecule has 0 aliphatic carbocycles. The van der Waals surface area contributed by atoms with Gasteiger partial charge in [-0.1, -0.05) is 6.92 Å². The summed E-state index contributed by atoms with van der Waals surface area (Å²) in [6.07, 6.45) is 2.42. The number of anilines is 3. The Labute approximate surface area is 169 Å². The highest BCUT2D eigenvalue weighted by Gasteiger charge is 2.23. The standard InChI is InChI=1S/C20H27FN6O2/c1-4-27-9-5-6-15(27)12-22-19-24-18(10-13(2)28)25-20(26-19)23-14-7-8-17(29-3)16(21)11-14/h7-8,11,15H,4-6,9-10,12H2,1-3H3,(H2,22,23,24,25,26). The molecule has 9 heteroatoms. The Bertz CT molecular complexity index is 863. The van der Waals surface area contributed by atoms with E-state index in [0.29, 0.717) is 30.0 Å². The lowest BCUT2D eigenvalue weighted by Gasteiger charge is -2.23. The predicted molar refractivity (Wildman–Crippen MR) is 109 cm³/mol. The number of carbonyl (C=O) groups is 1. The number of benzene rings is 1. The van der Waals surface area contributed by atoms with Gasteiger partial charge in [-0.25, -0.2) is 4.39 Å². The molecule has 8 nitrogen and oxygen atoms in total. The fourth-order valence-electron chi connectivity index (χ4n) is 3.48. The van der Waals surface area contributed by atoms with E-state index >= 15 is 0 Å². The number of nitrogens with zero attached hydrogens (tertiary/aromatic N) is 4. The first-order valence-electron chi connectivity index (χ1n) is 9.81. The number of hydrogen-bond donors (Lipinski definition) is 2. The fourth-order valence-corrected chi connectivity index (χ4v) is 3.48. The Morgan fingerprint density at radius 2 is 2.10 bits per heavy atom. The highest BCUT2D eigenvalue weighted by atomic mass is 19.1. The second-order valence-corrected chi connectivity index (χ2v) is 7.06. The highest BCUT2D eigenvalue weighted by molar-refractivity contribution is 5.77. The first-order valence-corrected chi connectivity index (χ1v) is 9.81. The van der Waals surface area contributed by atoms with Crippen LogP contribution in [0, 0.1) is 5.82 Å². The number of carbonyl (C=O) groups excluding carboxylic acids is 1. The number of ether oxygens (including phenoxy) is 1. The molecule has 1 aromatic carbocycles. The molecule has 3 rings (SSSR count). The Hall–Kier alpha value is -2.81. The van der Waals surface area contributed by atoms with E-state index in [1.165, 1.54) is 32.6 Å². The monoisotopic (exact) mass is 402 g/mol. The van der Waals surface area contributed by atoms with Gasteiger partial charge in [-0.3, -0.25) is 9.69 Å². The molecule has 0 amide bonds. The van der Waals surface area contributed by atoms with Crippen LogP contribution in [0.15, 0.2) is 18.2 Å². The molecule has 1 saturated heterocycles. The zero-order valence-electron chi connectivity index (χ0n) is 17.0. The van der Waals surface area contributed by atoms with Crippen LogP contribution in [0.3, 0.4) is 0 Å². The lowest BCUT2D eigenvalue weighted by Crippen LogP contribution is -2.35. The summed E-state index contributed by atoms with van der Waals surface area (Å²) in [7, 11) is 1.41. The van der Waals surface area contributed by atoms with Crippen LogP contribution in [-0.2, 0) is 11.2 Å². The zero-order valence-corrected chi connectivity index (χ0v) is 17.0. The lowest BCUT2D eigenvalue weighted by atomic mass is 10.2. The third kappa shape index (κ3) is 5.60. The van der Waals surface area contributed by atoms with Gasteiger partial charge in [0.1, 0.15) is 11.6 Å². The average molecular weight is 402 g/mol. The van der Waals surface area contributed by atoms with E-state index in [1.807, 2.05) is 0 Å². The summed E-state index contributed by atoms with van der Waals surface area (Å²) < 4.78 is 18.9. The normalized spacial score (nSPS) is 16.6. The van der Waals surface area contributed by atoms with Crippen LogP contribution in [-0.4, -0.2) is 58.4 Å². The summed E-state index contributed by atoms with van der Waals surface area (Å²) in [6, 6.07) is 4.92. The van der Waals surface area contributed by atoms with Crippen molar-refractivity contribution in [3.8, 4) is 5.75 Å². The smallest absolute Gasteiger partial charge is 0.232 e. The minimum Gasteiger partial charge on any atom is -0.494 e. The van der Waals surface area contributed by atoms with Crippen molar-refractivity contribution in [3.63, 3.8) is 0 Å². The maximum absolute atomic E-state index is 14.0. The summed E-state index contributed by atoms with van der Waals surface area (Å²) in [6.45, 7) is 6.47. The van der Waals surface area contributed by atoms with Crippen LogP contribution >= 0.6 is 0 Å². The van der Waals surface area contributed by atoms with Crippen molar-refractivity contribution in [1.82, 2.24) is 19.9 Å². The second-order valence-electron chi connectivity index (χ2n) is 7.06. The van der Waals surface area contributed by atoms with Crippen LogP contribution in [0.2, 0.25) is 0 Å². The van der Waals surface area contributed by atoms with Crippen LogP contribution in [0.4, 0.5) is 22.0 Å². The molecule has 1 atom stereocenters. The number of halogens is 1. The van der Waals surface area contributed by atoms with E-state index in [1.54, 1.807) is 6.07 Å². The van der Waals surface area contributed by atoms with Gasteiger partial charge >= 0.3 is 0 Å². The van der Waals surface area contributed by atoms with Crippen LogP contribution in [0.1, 0.15) is 32.5 Å². The molecule has 1 fully saturated rings. The number of nitrogens with one attached hydrogen (secondary N) is 2. The van der Waals surface area contributed by atoms with Gasteiger partial charge in [0.2, 0.25) is 11.9 Å². The molecule has 0 bridgehead atoms. The van der Waals surface area contributed by atoms with Crippen LogP contribution in [0.5, 0.6) is 5.75 Å². The summed E-state index contributed by atoms with van der Waals surface area (Å²) >= 11 is 0. The van der Waals surface area contributed by atoms with Gasteiger partial charge in [0, 0.05) is 24.3 Å². The number of methoxy groups -OCH3 is 1. The summed E-state index contributed by atoms with van der Waals surface area (Å²) in [5.41, 5.74) is 0.474. The molecule has 1 aliphatic rings. The zero-order chi connectivity index (χ0) is 20.8. The molecule has 29 heavy (non-hydrogen) atoms. The third-order valence-corrected chi connectivity index (χ3v) is 4.90. The first-order chi connectivity index (χ1) is 14.0. The molecule has 1 unspecified atom stereocenters. The average Bonchev–Trinajstić information content (AvgIpc) is 3.13. The van der Waals surface area contributed by atoms with Gasteiger partial charge in [-0.05, 0) is 45.0 Å². The van der Waals surface area contributed by atoms with Gasteiger partial charge < -0.3 is 15.4 Å².